The number of rotatable bonds is 6. The van der Waals surface area contributed by atoms with Crippen molar-refractivity contribution >= 4 is 28.8 Å². The molecule has 0 aliphatic rings. The fourth-order valence-corrected chi connectivity index (χ4v) is 3.44. The molecule has 4 nitrogen and oxygen atoms in total. The minimum absolute atomic E-state index is 0.203. The van der Waals surface area contributed by atoms with Gasteiger partial charge in [0.05, 0.1) is 16.6 Å². The summed E-state index contributed by atoms with van der Waals surface area (Å²) in [6.45, 7) is 4.54. The second-order valence-electron chi connectivity index (χ2n) is 5.30. The van der Waals surface area contributed by atoms with Crippen LogP contribution in [0.15, 0.2) is 61.3 Å². The minimum atomic E-state index is -0.320. The lowest BCUT2D eigenvalue weighted by Crippen LogP contribution is -2.30. The molecular formula is C18H15ClFN3OS. The molecule has 2 heterocycles. The number of carbonyl (C=O) groups excluding carboxylic acids is 1. The minimum Gasteiger partial charge on any atom is -0.328 e. The summed E-state index contributed by atoms with van der Waals surface area (Å²) in [6.07, 6.45) is 3.35. The number of thiophene rings is 1. The molecule has 128 valence electrons. The van der Waals surface area contributed by atoms with Crippen LogP contribution in [-0.2, 0) is 6.54 Å². The molecule has 0 bridgehead atoms. The maximum atomic E-state index is 13.0. The molecule has 0 N–H and O–H groups in total. The van der Waals surface area contributed by atoms with Gasteiger partial charge in [-0.3, -0.25) is 4.79 Å². The van der Waals surface area contributed by atoms with Crippen molar-refractivity contribution in [2.75, 3.05) is 6.54 Å². The fourth-order valence-electron chi connectivity index (χ4n) is 2.34. The summed E-state index contributed by atoms with van der Waals surface area (Å²) < 4.78 is 15.3. The molecule has 0 radical (unpaired) electrons. The number of hydrogen-bond donors (Lipinski definition) is 0. The summed E-state index contributed by atoms with van der Waals surface area (Å²) in [5, 5.41) is 4.31. The standard InChI is InChI=1S/C18H15ClFN3OS/c1-2-10-22(12-15-7-8-17(19)25-15)18(24)16-9-11-23(21-16)14-5-3-13(20)4-6-14/h2-9,11H,1,10,12H2. The van der Waals surface area contributed by atoms with Crippen molar-refractivity contribution in [3.8, 4) is 5.69 Å². The van der Waals surface area contributed by atoms with Crippen molar-refractivity contribution in [1.82, 2.24) is 14.7 Å². The second-order valence-corrected chi connectivity index (χ2v) is 7.10. The average molecular weight is 376 g/mol. The summed E-state index contributed by atoms with van der Waals surface area (Å²) in [6, 6.07) is 11.3. The molecule has 0 aliphatic carbocycles. The highest BCUT2D eigenvalue weighted by Crippen LogP contribution is 2.23. The van der Waals surface area contributed by atoms with Gasteiger partial charge in [-0.2, -0.15) is 5.10 Å². The maximum absolute atomic E-state index is 13.0. The van der Waals surface area contributed by atoms with Crippen molar-refractivity contribution in [3.05, 3.63) is 82.0 Å². The Balaban J connectivity index is 1.80. The van der Waals surface area contributed by atoms with Crippen LogP contribution in [0.25, 0.3) is 5.69 Å². The van der Waals surface area contributed by atoms with Gasteiger partial charge in [0.1, 0.15) is 5.82 Å². The SMILES string of the molecule is C=CCN(Cc1ccc(Cl)s1)C(=O)c1ccn(-c2ccc(F)cc2)n1. The molecule has 0 unspecified atom stereocenters. The lowest BCUT2D eigenvalue weighted by atomic mass is 10.3. The molecule has 2 aromatic heterocycles. The lowest BCUT2D eigenvalue weighted by molar-refractivity contribution is 0.0758. The first-order valence-corrected chi connectivity index (χ1v) is 8.72. The van der Waals surface area contributed by atoms with Crippen molar-refractivity contribution in [2.24, 2.45) is 0 Å². The molecule has 0 spiro atoms. The number of aromatic nitrogens is 2. The van der Waals surface area contributed by atoms with Gasteiger partial charge in [0.25, 0.3) is 5.91 Å². The van der Waals surface area contributed by atoms with Crippen molar-refractivity contribution in [1.29, 1.82) is 0 Å². The van der Waals surface area contributed by atoms with Crippen molar-refractivity contribution in [2.45, 2.75) is 6.54 Å². The van der Waals surface area contributed by atoms with Gasteiger partial charge in [-0.05, 0) is 42.5 Å². The zero-order chi connectivity index (χ0) is 17.8. The molecule has 7 heteroatoms. The van der Waals surface area contributed by atoms with Gasteiger partial charge in [-0.1, -0.05) is 17.7 Å². The second kappa shape index (κ2) is 7.63. The van der Waals surface area contributed by atoms with E-state index in [1.54, 1.807) is 46.1 Å². The molecule has 3 rings (SSSR count). The van der Waals surface area contributed by atoms with Gasteiger partial charge in [0.15, 0.2) is 5.69 Å². The Morgan fingerprint density at radius 2 is 2.04 bits per heavy atom. The molecular weight excluding hydrogens is 361 g/mol. The molecule has 0 aliphatic heterocycles. The predicted molar refractivity (Wildman–Crippen MR) is 97.8 cm³/mol. The zero-order valence-electron chi connectivity index (χ0n) is 13.2. The first-order valence-electron chi connectivity index (χ1n) is 7.53. The average Bonchev–Trinajstić information content (AvgIpc) is 3.24. The van der Waals surface area contributed by atoms with Crippen LogP contribution in [-0.4, -0.2) is 27.1 Å². The Kier molecular flexibility index (Phi) is 5.31. The molecule has 0 saturated carbocycles. The third-order valence-electron chi connectivity index (χ3n) is 3.51. The summed E-state index contributed by atoms with van der Waals surface area (Å²) in [4.78, 5) is 15.4. The normalized spacial score (nSPS) is 10.6. The topological polar surface area (TPSA) is 38.1 Å². The molecule has 0 saturated heterocycles. The van der Waals surface area contributed by atoms with E-state index in [2.05, 4.69) is 11.7 Å². The van der Waals surface area contributed by atoms with E-state index in [1.165, 1.54) is 23.5 Å². The van der Waals surface area contributed by atoms with Crippen LogP contribution in [0.4, 0.5) is 4.39 Å². The van der Waals surface area contributed by atoms with Crippen LogP contribution < -0.4 is 0 Å². The van der Waals surface area contributed by atoms with E-state index in [9.17, 15) is 9.18 Å². The third-order valence-corrected chi connectivity index (χ3v) is 4.73. The summed E-state index contributed by atoms with van der Waals surface area (Å²) in [7, 11) is 0. The van der Waals surface area contributed by atoms with E-state index < -0.39 is 0 Å². The van der Waals surface area contributed by atoms with E-state index in [0.717, 1.165) is 4.88 Å². The highest BCUT2D eigenvalue weighted by Gasteiger charge is 2.18. The Bertz CT molecular complexity index is 888. The largest absolute Gasteiger partial charge is 0.328 e. The number of nitrogens with zero attached hydrogens (tertiary/aromatic N) is 3. The van der Waals surface area contributed by atoms with E-state index in [0.29, 0.717) is 28.8 Å². The monoisotopic (exact) mass is 375 g/mol. The summed E-state index contributed by atoms with van der Waals surface area (Å²) in [5.74, 6) is -0.524. The summed E-state index contributed by atoms with van der Waals surface area (Å²) in [5.41, 5.74) is 0.995. The van der Waals surface area contributed by atoms with Gasteiger partial charge >= 0.3 is 0 Å². The van der Waals surface area contributed by atoms with Gasteiger partial charge in [0, 0.05) is 17.6 Å². The maximum Gasteiger partial charge on any atom is 0.274 e. The molecule has 1 amide bonds. The first-order chi connectivity index (χ1) is 12.1. The Labute approximate surface area is 153 Å². The predicted octanol–water partition coefficient (Wildman–Crippen LogP) is 4.55. The van der Waals surface area contributed by atoms with Crippen LogP contribution in [0.3, 0.4) is 0 Å². The zero-order valence-corrected chi connectivity index (χ0v) is 14.8. The molecule has 1 aromatic carbocycles. The number of carbonyl (C=O) groups is 1. The van der Waals surface area contributed by atoms with Gasteiger partial charge < -0.3 is 4.90 Å². The van der Waals surface area contributed by atoms with Crippen LogP contribution in [0.5, 0.6) is 0 Å². The van der Waals surface area contributed by atoms with Gasteiger partial charge in [-0.25, -0.2) is 9.07 Å². The van der Waals surface area contributed by atoms with Crippen LogP contribution >= 0.6 is 22.9 Å². The highest BCUT2D eigenvalue weighted by molar-refractivity contribution is 7.16. The van der Waals surface area contributed by atoms with Crippen molar-refractivity contribution in [3.63, 3.8) is 0 Å². The Morgan fingerprint density at radius 1 is 1.28 bits per heavy atom. The number of amides is 1. The van der Waals surface area contributed by atoms with Crippen LogP contribution in [0, 0.1) is 5.82 Å². The first kappa shape index (κ1) is 17.4. The smallest absolute Gasteiger partial charge is 0.274 e. The van der Waals surface area contributed by atoms with Crippen LogP contribution in [0.1, 0.15) is 15.4 Å². The number of hydrogen-bond acceptors (Lipinski definition) is 3. The fraction of sp³-hybridized carbons (Fsp3) is 0.111. The molecule has 25 heavy (non-hydrogen) atoms. The molecule has 0 fully saturated rings. The van der Waals surface area contributed by atoms with Crippen LogP contribution in [0.2, 0.25) is 4.34 Å². The lowest BCUT2D eigenvalue weighted by Gasteiger charge is -2.19. The third kappa shape index (κ3) is 4.15. The Hall–Kier alpha value is -2.44. The van der Waals surface area contributed by atoms with E-state index in [-0.39, 0.29) is 11.7 Å². The van der Waals surface area contributed by atoms with E-state index >= 15 is 0 Å². The summed E-state index contributed by atoms with van der Waals surface area (Å²) >= 11 is 7.39. The molecule has 0 atom stereocenters. The quantitative estimate of drug-likeness (QED) is 0.592. The van der Waals surface area contributed by atoms with Gasteiger partial charge in [-0.15, -0.1) is 17.9 Å². The van der Waals surface area contributed by atoms with Gasteiger partial charge in [0.2, 0.25) is 0 Å². The Morgan fingerprint density at radius 3 is 2.68 bits per heavy atom. The number of benzene rings is 1. The van der Waals surface area contributed by atoms with E-state index in [4.69, 9.17) is 11.6 Å². The number of halogens is 2. The van der Waals surface area contributed by atoms with Crippen molar-refractivity contribution < 1.29 is 9.18 Å². The molecule has 3 aromatic rings. The highest BCUT2D eigenvalue weighted by atomic mass is 35.5. The van der Waals surface area contributed by atoms with E-state index in [1.807, 2.05) is 6.07 Å².